The first kappa shape index (κ1) is 15.4. The van der Waals surface area contributed by atoms with Crippen LogP contribution in [0.25, 0.3) is 0 Å². The lowest BCUT2D eigenvalue weighted by Gasteiger charge is -2.25. The monoisotopic (exact) mass is 254 g/mol. The van der Waals surface area contributed by atoms with Gasteiger partial charge in [-0.1, -0.05) is 0 Å². The summed E-state index contributed by atoms with van der Waals surface area (Å²) in [4.78, 5) is 10.3. The Balaban J connectivity index is 3.82. The molecule has 92 valence electrons. The summed E-state index contributed by atoms with van der Waals surface area (Å²) < 4.78 is 5.80. The molecule has 0 saturated carbocycles. The molecule has 0 heterocycles. The minimum absolute atomic E-state index is 0.0827. The van der Waals surface area contributed by atoms with Gasteiger partial charge in [-0.3, -0.25) is 0 Å². The van der Waals surface area contributed by atoms with E-state index in [1.54, 1.807) is 0 Å². The van der Waals surface area contributed by atoms with E-state index in [4.69, 9.17) is 25.8 Å². The Hall–Kier alpha value is 0.387. The van der Waals surface area contributed by atoms with Gasteiger partial charge in [0.05, 0.1) is 11.7 Å². The molecule has 0 aliphatic rings. The summed E-state index contributed by atoms with van der Waals surface area (Å²) in [6, 6.07) is 0. The van der Waals surface area contributed by atoms with E-state index in [-0.39, 0.29) is 11.7 Å². The summed E-state index contributed by atoms with van der Waals surface area (Å²) in [6.45, 7) is 12.5. The van der Waals surface area contributed by atoms with E-state index in [0.29, 0.717) is 12.5 Å². The fourth-order valence-electron chi connectivity index (χ4n) is 0.897. The van der Waals surface area contributed by atoms with Gasteiger partial charge in [0.2, 0.25) is 0 Å². The minimum Gasteiger partial charge on any atom is -0.411 e. The molecule has 0 aliphatic carbocycles. The summed E-state index contributed by atoms with van der Waals surface area (Å²) in [6.07, 6.45) is -0.0827. The highest BCUT2D eigenvalue weighted by atomic mass is 35.5. The molecule has 15 heavy (non-hydrogen) atoms. The van der Waals surface area contributed by atoms with Gasteiger partial charge in [-0.25, -0.2) is 9.78 Å². The fraction of sp³-hybridized carbons (Fsp3) is 1.00. The molecule has 0 amide bonds. The third-order valence-electron chi connectivity index (χ3n) is 1.26. The van der Waals surface area contributed by atoms with Crippen LogP contribution in [0.1, 0.15) is 20.8 Å². The first-order valence-corrected chi connectivity index (χ1v) is 9.13. The third-order valence-corrected chi connectivity index (χ3v) is 2.64. The Morgan fingerprint density at radius 1 is 1.20 bits per heavy atom. The Labute approximate surface area is 99.1 Å². The lowest BCUT2D eigenvalue weighted by Crippen LogP contribution is -2.36. The van der Waals surface area contributed by atoms with Gasteiger partial charge in [0, 0.05) is 5.88 Å². The summed E-state index contributed by atoms with van der Waals surface area (Å²) >= 11 is 5.79. The fourth-order valence-corrected chi connectivity index (χ4v) is 2.31. The summed E-state index contributed by atoms with van der Waals surface area (Å²) in [7, 11) is -1.56. The van der Waals surface area contributed by atoms with Crippen molar-refractivity contribution in [1.29, 1.82) is 0 Å². The zero-order chi connectivity index (χ0) is 12.1. The molecule has 3 nitrogen and oxygen atoms in total. The predicted octanol–water partition coefficient (Wildman–Crippen LogP) is 3.19. The van der Waals surface area contributed by atoms with Gasteiger partial charge in [-0.2, -0.15) is 0 Å². The first-order chi connectivity index (χ1) is 6.64. The van der Waals surface area contributed by atoms with Crippen LogP contribution in [-0.4, -0.2) is 32.5 Å². The van der Waals surface area contributed by atoms with E-state index in [9.17, 15) is 0 Å². The molecule has 0 radical (unpaired) electrons. The topological polar surface area (TPSA) is 27.7 Å². The van der Waals surface area contributed by atoms with Gasteiger partial charge in [0.15, 0.2) is 8.32 Å². The van der Waals surface area contributed by atoms with Gasteiger partial charge in [0.25, 0.3) is 0 Å². The van der Waals surface area contributed by atoms with Crippen molar-refractivity contribution in [1.82, 2.24) is 0 Å². The molecule has 0 N–H and O–H groups in total. The van der Waals surface area contributed by atoms with Crippen molar-refractivity contribution < 1.29 is 14.2 Å². The molecule has 0 aromatic heterocycles. The average Bonchev–Trinajstić information content (AvgIpc) is 1.97. The number of alkyl halides is 1. The maximum Gasteiger partial charge on any atom is 0.184 e. The second-order valence-electron chi connectivity index (χ2n) is 5.49. The number of halogens is 1. The Morgan fingerprint density at radius 3 is 2.07 bits per heavy atom. The van der Waals surface area contributed by atoms with Crippen LogP contribution in [0.3, 0.4) is 0 Å². The highest BCUT2D eigenvalue weighted by Crippen LogP contribution is 2.11. The van der Waals surface area contributed by atoms with Crippen molar-refractivity contribution >= 4 is 19.9 Å². The molecule has 0 rings (SSSR count). The predicted molar refractivity (Wildman–Crippen MR) is 65.7 cm³/mol. The molecule has 0 spiro atoms. The van der Waals surface area contributed by atoms with Gasteiger partial charge in [-0.05, 0) is 40.4 Å². The highest BCUT2D eigenvalue weighted by molar-refractivity contribution is 6.69. The molecule has 1 unspecified atom stereocenters. The molecule has 1 atom stereocenters. The summed E-state index contributed by atoms with van der Waals surface area (Å²) in [5.74, 6) is 0.428. The second kappa shape index (κ2) is 6.20. The second-order valence-corrected chi connectivity index (χ2v) is 10.3. The lowest BCUT2D eigenvalue weighted by atomic mass is 10.2. The number of hydrogen-bond donors (Lipinski definition) is 0. The quantitative estimate of drug-likeness (QED) is 0.315. The van der Waals surface area contributed by atoms with Crippen molar-refractivity contribution in [2.45, 2.75) is 52.1 Å². The van der Waals surface area contributed by atoms with E-state index >= 15 is 0 Å². The first-order valence-electron chi connectivity index (χ1n) is 5.18. The molecule has 5 heteroatoms. The standard InChI is InChI=1S/C10H23ClO3Si/c1-10(2,3)14-12-8-9(7-11)13-15(4,5)6/h9H,7-8H2,1-6H3. The molecular weight excluding hydrogens is 232 g/mol. The largest absolute Gasteiger partial charge is 0.411 e. The van der Waals surface area contributed by atoms with Crippen LogP contribution < -0.4 is 0 Å². The minimum atomic E-state index is -1.56. The smallest absolute Gasteiger partial charge is 0.184 e. The van der Waals surface area contributed by atoms with E-state index in [1.807, 2.05) is 20.8 Å². The molecule has 0 fully saturated rings. The normalized spacial score (nSPS) is 15.4. The van der Waals surface area contributed by atoms with Crippen molar-refractivity contribution in [2.75, 3.05) is 12.5 Å². The molecule has 0 aliphatic heterocycles. The number of hydrogen-bond acceptors (Lipinski definition) is 3. The summed E-state index contributed by atoms with van der Waals surface area (Å²) in [5, 5.41) is 0. The molecule has 0 saturated heterocycles. The average molecular weight is 255 g/mol. The van der Waals surface area contributed by atoms with Gasteiger partial charge in [0.1, 0.15) is 6.61 Å². The SMILES string of the molecule is CC(C)(C)OOCC(CCl)O[Si](C)(C)C. The highest BCUT2D eigenvalue weighted by Gasteiger charge is 2.21. The third kappa shape index (κ3) is 10.7. The van der Waals surface area contributed by atoms with Crippen molar-refractivity contribution in [2.24, 2.45) is 0 Å². The zero-order valence-electron chi connectivity index (χ0n) is 10.6. The van der Waals surface area contributed by atoms with Crippen LogP contribution in [-0.2, 0) is 14.2 Å². The van der Waals surface area contributed by atoms with E-state index < -0.39 is 8.32 Å². The Morgan fingerprint density at radius 2 is 1.73 bits per heavy atom. The molecule has 0 aromatic carbocycles. The van der Waals surface area contributed by atoms with Crippen LogP contribution in [0.4, 0.5) is 0 Å². The number of rotatable bonds is 6. The Bertz CT molecular complexity index is 174. The zero-order valence-corrected chi connectivity index (χ0v) is 12.4. The van der Waals surface area contributed by atoms with Crippen LogP contribution in [0.2, 0.25) is 19.6 Å². The lowest BCUT2D eigenvalue weighted by molar-refractivity contribution is -0.354. The van der Waals surface area contributed by atoms with Gasteiger partial charge >= 0.3 is 0 Å². The Kier molecular flexibility index (Phi) is 6.36. The molecule has 0 bridgehead atoms. The van der Waals surface area contributed by atoms with Crippen LogP contribution in [0.5, 0.6) is 0 Å². The van der Waals surface area contributed by atoms with E-state index in [1.165, 1.54) is 0 Å². The van der Waals surface area contributed by atoms with Crippen LogP contribution in [0.15, 0.2) is 0 Å². The maximum atomic E-state index is 5.80. The van der Waals surface area contributed by atoms with Gasteiger partial charge < -0.3 is 4.43 Å². The van der Waals surface area contributed by atoms with E-state index in [0.717, 1.165) is 0 Å². The molecular formula is C10H23ClO3Si. The summed E-state index contributed by atoms with van der Waals surface area (Å²) in [5.41, 5.74) is -0.296. The maximum absolute atomic E-state index is 5.80. The molecule has 0 aromatic rings. The van der Waals surface area contributed by atoms with Crippen LogP contribution >= 0.6 is 11.6 Å². The van der Waals surface area contributed by atoms with Crippen molar-refractivity contribution in [3.05, 3.63) is 0 Å². The van der Waals surface area contributed by atoms with E-state index in [2.05, 4.69) is 19.6 Å². The van der Waals surface area contributed by atoms with Crippen molar-refractivity contribution in [3.8, 4) is 0 Å². The van der Waals surface area contributed by atoms with Crippen LogP contribution in [0, 0.1) is 0 Å². The van der Waals surface area contributed by atoms with Gasteiger partial charge in [-0.15, -0.1) is 11.6 Å². The van der Waals surface area contributed by atoms with Crippen molar-refractivity contribution in [3.63, 3.8) is 0 Å².